The number of carbonyl (C=O) groups excluding carboxylic acids is 2. The van der Waals surface area contributed by atoms with Crippen molar-refractivity contribution in [2.75, 3.05) is 13.7 Å². The summed E-state index contributed by atoms with van der Waals surface area (Å²) < 4.78 is 16.3. The fraction of sp³-hybridized carbons (Fsp3) is 0.391. The molecule has 7 nitrogen and oxygen atoms in total. The smallest absolute Gasteiger partial charge is 0.302 e. The maximum Gasteiger partial charge on any atom is 0.302 e. The Hall–Kier alpha value is -2.55. The molecule has 1 saturated heterocycles. The fourth-order valence-electron chi connectivity index (χ4n) is 3.26. The molecule has 0 aromatic heterocycles. The van der Waals surface area contributed by atoms with Crippen LogP contribution in [0.2, 0.25) is 0 Å². The number of hydrogen-bond donors (Lipinski definition) is 2. The summed E-state index contributed by atoms with van der Waals surface area (Å²) in [5, 5.41) is 13.2. The Balaban J connectivity index is 1.63. The van der Waals surface area contributed by atoms with Gasteiger partial charge in [-0.3, -0.25) is 9.59 Å². The van der Waals surface area contributed by atoms with Gasteiger partial charge < -0.3 is 24.6 Å². The van der Waals surface area contributed by atoms with Crippen LogP contribution in [0.15, 0.2) is 54.6 Å². The van der Waals surface area contributed by atoms with Crippen LogP contribution >= 0.6 is 11.8 Å². The van der Waals surface area contributed by atoms with E-state index in [0.717, 1.165) is 11.3 Å². The number of aliphatic hydroxyl groups is 1. The van der Waals surface area contributed by atoms with E-state index in [-0.39, 0.29) is 17.8 Å². The maximum atomic E-state index is 12.5. The third-order valence-electron chi connectivity index (χ3n) is 4.94. The van der Waals surface area contributed by atoms with Crippen LogP contribution in [0.5, 0.6) is 5.75 Å². The lowest BCUT2D eigenvalue weighted by Crippen LogP contribution is -2.55. The normalized spacial score (nSPS) is 23.1. The number of carbonyl (C=O) groups is 2. The van der Waals surface area contributed by atoms with E-state index < -0.39 is 24.4 Å². The predicted octanol–water partition coefficient (Wildman–Crippen LogP) is 2.77. The van der Waals surface area contributed by atoms with Gasteiger partial charge in [-0.1, -0.05) is 30.3 Å². The van der Waals surface area contributed by atoms with E-state index in [1.807, 2.05) is 30.3 Å². The van der Waals surface area contributed by atoms with Crippen LogP contribution in [0.4, 0.5) is 0 Å². The lowest BCUT2D eigenvalue weighted by Gasteiger charge is -2.39. The monoisotopic (exact) mass is 445 g/mol. The summed E-state index contributed by atoms with van der Waals surface area (Å²) in [5.41, 5.74) is 1.58. The van der Waals surface area contributed by atoms with E-state index in [1.165, 1.54) is 6.92 Å². The van der Waals surface area contributed by atoms with E-state index >= 15 is 0 Å². The number of rotatable bonds is 8. The van der Waals surface area contributed by atoms with Crippen molar-refractivity contribution >= 4 is 23.6 Å². The number of aliphatic hydroxyl groups excluding tert-OH is 1. The Bertz CT molecular complexity index is 860. The highest BCUT2D eigenvalue weighted by Gasteiger charge is 2.39. The summed E-state index contributed by atoms with van der Waals surface area (Å²) in [7, 11) is 1.62. The quantitative estimate of drug-likeness (QED) is 0.604. The maximum absolute atomic E-state index is 12.5. The third kappa shape index (κ3) is 6.72. The fourth-order valence-corrected chi connectivity index (χ4v) is 4.55. The van der Waals surface area contributed by atoms with Crippen molar-refractivity contribution in [2.45, 2.75) is 42.8 Å². The van der Waals surface area contributed by atoms with Gasteiger partial charge in [0.05, 0.1) is 13.2 Å². The SMILES string of the molecule is COc1ccc(CSC2CC(O)[C@H](NC(=O)c3ccccc3)O[C@@H]2COC(C)=O)cc1. The Morgan fingerprint density at radius 1 is 1.16 bits per heavy atom. The van der Waals surface area contributed by atoms with E-state index in [9.17, 15) is 14.7 Å². The minimum absolute atomic E-state index is 0.0556. The summed E-state index contributed by atoms with van der Waals surface area (Å²) in [6.07, 6.45) is -1.83. The van der Waals surface area contributed by atoms with Crippen LogP contribution in [-0.4, -0.2) is 54.4 Å². The second-order valence-corrected chi connectivity index (χ2v) is 8.47. The van der Waals surface area contributed by atoms with Crippen LogP contribution in [0, 0.1) is 0 Å². The molecular weight excluding hydrogens is 418 g/mol. The molecule has 0 saturated carbocycles. The van der Waals surface area contributed by atoms with Gasteiger partial charge in [-0.25, -0.2) is 0 Å². The molecule has 0 radical (unpaired) electrons. The van der Waals surface area contributed by atoms with Crippen LogP contribution in [-0.2, 0) is 20.0 Å². The van der Waals surface area contributed by atoms with Crippen molar-refractivity contribution < 1.29 is 28.9 Å². The molecule has 1 aliphatic rings. The zero-order chi connectivity index (χ0) is 22.2. The average molecular weight is 446 g/mol. The van der Waals surface area contributed by atoms with Crippen molar-refractivity contribution in [3.05, 3.63) is 65.7 Å². The molecule has 0 aliphatic carbocycles. The highest BCUT2D eigenvalue weighted by Crippen LogP contribution is 2.32. The van der Waals surface area contributed by atoms with Gasteiger partial charge in [0.1, 0.15) is 18.5 Å². The van der Waals surface area contributed by atoms with E-state index in [0.29, 0.717) is 17.7 Å². The molecule has 1 aliphatic heterocycles. The Kier molecular flexibility index (Phi) is 8.34. The first-order valence-corrected chi connectivity index (χ1v) is 11.1. The summed E-state index contributed by atoms with van der Waals surface area (Å²) in [4.78, 5) is 23.8. The number of esters is 1. The number of ether oxygens (including phenoxy) is 3. The molecule has 1 amide bonds. The lowest BCUT2D eigenvalue weighted by atomic mass is 10.0. The summed E-state index contributed by atoms with van der Waals surface area (Å²) in [6.45, 7) is 1.39. The molecule has 3 rings (SSSR count). The van der Waals surface area contributed by atoms with Crippen molar-refractivity contribution in [3.63, 3.8) is 0 Å². The number of nitrogens with one attached hydrogen (secondary N) is 1. The zero-order valence-corrected chi connectivity index (χ0v) is 18.3. The first-order chi connectivity index (χ1) is 15.0. The molecule has 8 heteroatoms. The average Bonchev–Trinajstić information content (AvgIpc) is 2.79. The molecule has 31 heavy (non-hydrogen) atoms. The van der Waals surface area contributed by atoms with E-state index in [4.69, 9.17) is 14.2 Å². The number of thioether (sulfide) groups is 1. The van der Waals surface area contributed by atoms with Gasteiger partial charge in [-0.05, 0) is 36.2 Å². The molecule has 0 bridgehead atoms. The molecule has 2 aromatic carbocycles. The van der Waals surface area contributed by atoms with Crippen molar-refractivity contribution in [3.8, 4) is 5.75 Å². The van der Waals surface area contributed by atoms with Gasteiger partial charge in [0.25, 0.3) is 5.91 Å². The number of benzene rings is 2. The number of amides is 1. The second kappa shape index (κ2) is 11.2. The van der Waals surface area contributed by atoms with Gasteiger partial charge in [0, 0.05) is 23.5 Å². The van der Waals surface area contributed by atoms with Crippen molar-refractivity contribution in [1.29, 1.82) is 0 Å². The summed E-state index contributed by atoms with van der Waals surface area (Å²) in [6, 6.07) is 16.5. The Labute approximate surface area is 186 Å². The minimum atomic E-state index is -0.883. The summed E-state index contributed by atoms with van der Waals surface area (Å²) in [5.74, 6) is 0.746. The minimum Gasteiger partial charge on any atom is -0.497 e. The molecule has 0 spiro atoms. The number of methoxy groups -OCH3 is 1. The van der Waals surface area contributed by atoms with Gasteiger partial charge in [0.15, 0.2) is 6.23 Å². The predicted molar refractivity (Wildman–Crippen MR) is 118 cm³/mol. The molecule has 166 valence electrons. The third-order valence-corrected chi connectivity index (χ3v) is 6.37. The van der Waals surface area contributed by atoms with Crippen LogP contribution < -0.4 is 10.1 Å². The molecule has 2 aromatic rings. The largest absolute Gasteiger partial charge is 0.497 e. The highest BCUT2D eigenvalue weighted by atomic mass is 32.2. The van der Waals surface area contributed by atoms with Crippen LogP contribution in [0.3, 0.4) is 0 Å². The topological polar surface area (TPSA) is 94.1 Å². The van der Waals surface area contributed by atoms with Gasteiger partial charge in [0.2, 0.25) is 0 Å². The highest BCUT2D eigenvalue weighted by molar-refractivity contribution is 7.99. The molecule has 1 fully saturated rings. The molecule has 2 N–H and O–H groups in total. The van der Waals surface area contributed by atoms with Crippen LogP contribution in [0.1, 0.15) is 29.3 Å². The van der Waals surface area contributed by atoms with E-state index in [1.54, 1.807) is 43.1 Å². The molecule has 2 unspecified atom stereocenters. The number of hydrogen-bond acceptors (Lipinski definition) is 7. The standard InChI is InChI=1S/C23H27NO6S/c1-15(25)29-13-20-21(31-14-16-8-10-18(28-2)11-9-16)12-19(26)23(30-20)24-22(27)17-6-4-3-5-7-17/h3-11,19-21,23,26H,12-14H2,1-2H3,(H,24,27)/t19?,20-,21?,23-/m1/s1. The zero-order valence-electron chi connectivity index (χ0n) is 17.5. The second-order valence-electron chi connectivity index (χ2n) is 7.24. The van der Waals surface area contributed by atoms with Crippen molar-refractivity contribution in [2.24, 2.45) is 0 Å². The van der Waals surface area contributed by atoms with Gasteiger partial charge in [-0.2, -0.15) is 11.8 Å². The first kappa shape index (κ1) is 23.1. The molecule has 1 heterocycles. The van der Waals surface area contributed by atoms with Crippen molar-refractivity contribution in [1.82, 2.24) is 5.32 Å². The Morgan fingerprint density at radius 2 is 1.87 bits per heavy atom. The molecular formula is C23H27NO6S. The lowest BCUT2D eigenvalue weighted by molar-refractivity contribution is -0.160. The van der Waals surface area contributed by atoms with E-state index in [2.05, 4.69) is 5.32 Å². The van der Waals surface area contributed by atoms with Gasteiger partial charge in [-0.15, -0.1) is 0 Å². The Morgan fingerprint density at radius 3 is 2.52 bits per heavy atom. The molecule has 4 atom stereocenters. The van der Waals surface area contributed by atoms with Gasteiger partial charge >= 0.3 is 5.97 Å². The first-order valence-electron chi connectivity index (χ1n) is 10.0. The summed E-state index contributed by atoms with van der Waals surface area (Å²) >= 11 is 1.61. The van der Waals surface area contributed by atoms with Crippen LogP contribution in [0.25, 0.3) is 0 Å².